The van der Waals surface area contributed by atoms with Gasteiger partial charge in [-0.25, -0.2) is 4.79 Å². The van der Waals surface area contributed by atoms with Gasteiger partial charge in [0.25, 0.3) is 5.56 Å². The Kier molecular flexibility index (Phi) is 5.78. The van der Waals surface area contributed by atoms with Crippen LogP contribution in [0.15, 0.2) is 64.3 Å². The molecule has 0 aliphatic rings. The highest BCUT2D eigenvalue weighted by atomic mass is 16.5. The highest BCUT2D eigenvalue weighted by Gasteiger charge is 2.23. The summed E-state index contributed by atoms with van der Waals surface area (Å²) in [4.78, 5) is 31.3. The first-order valence-corrected chi connectivity index (χ1v) is 11.5. The average molecular weight is 474 g/mol. The van der Waals surface area contributed by atoms with Gasteiger partial charge in [-0.05, 0) is 31.5 Å². The van der Waals surface area contributed by atoms with Crippen LogP contribution >= 0.6 is 0 Å². The third kappa shape index (κ3) is 3.64. The van der Waals surface area contributed by atoms with Crippen molar-refractivity contribution in [1.29, 1.82) is 0 Å². The van der Waals surface area contributed by atoms with Gasteiger partial charge in [-0.1, -0.05) is 36.4 Å². The maximum absolute atomic E-state index is 13.5. The summed E-state index contributed by atoms with van der Waals surface area (Å²) in [5, 5.41) is 0. The summed E-state index contributed by atoms with van der Waals surface area (Å²) < 4.78 is 17.4. The second-order valence-corrected chi connectivity index (χ2v) is 8.34. The Morgan fingerprint density at radius 3 is 2.54 bits per heavy atom. The molecule has 0 bridgehead atoms. The Bertz CT molecular complexity index is 1660. The van der Waals surface area contributed by atoms with Crippen LogP contribution in [-0.2, 0) is 18.3 Å². The van der Waals surface area contributed by atoms with Crippen LogP contribution in [0.3, 0.4) is 0 Å². The van der Waals surface area contributed by atoms with E-state index in [1.54, 1.807) is 18.6 Å². The molecule has 0 saturated heterocycles. The van der Waals surface area contributed by atoms with Crippen molar-refractivity contribution in [2.24, 2.45) is 7.05 Å². The molecule has 0 saturated carbocycles. The minimum absolute atomic E-state index is 0.167. The fourth-order valence-corrected chi connectivity index (χ4v) is 4.42. The topological polar surface area (TPSA) is 84.7 Å². The van der Waals surface area contributed by atoms with E-state index in [1.807, 2.05) is 73.1 Å². The maximum Gasteiger partial charge on any atom is 0.332 e. The standard InChI is InChI=1S/C26H27N5O4/c1-5-35-14-13-29-24(32)22-23(28(3)26(29)33)27-25-30(22)16-20(18-9-7-6-8-10-18)31(25)19-15-17(2)11-12-21(19)34-4/h6-12,15-16H,5,13-14H2,1-4H3. The maximum atomic E-state index is 13.5. The van der Waals surface area contributed by atoms with Crippen LogP contribution in [0.2, 0.25) is 0 Å². The van der Waals surface area contributed by atoms with Crippen molar-refractivity contribution in [2.75, 3.05) is 20.3 Å². The van der Waals surface area contributed by atoms with Gasteiger partial charge in [0.1, 0.15) is 5.75 Å². The van der Waals surface area contributed by atoms with Crippen molar-refractivity contribution < 1.29 is 9.47 Å². The number of nitrogens with zero attached hydrogens (tertiary/aromatic N) is 5. The van der Waals surface area contributed by atoms with Gasteiger partial charge >= 0.3 is 5.69 Å². The summed E-state index contributed by atoms with van der Waals surface area (Å²) in [6.45, 7) is 4.83. The average Bonchev–Trinajstić information content (AvgIpc) is 3.42. The highest BCUT2D eigenvalue weighted by Crippen LogP contribution is 2.33. The second-order valence-electron chi connectivity index (χ2n) is 8.34. The minimum atomic E-state index is -0.425. The quantitative estimate of drug-likeness (QED) is 0.339. The van der Waals surface area contributed by atoms with Crippen molar-refractivity contribution >= 4 is 16.9 Å². The third-order valence-corrected chi connectivity index (χ3v) is 6.16. The summed E-state index contributed by atoms with van der Waals surface area (Å²) in [5.41, 5.74) is 3.47. The smallest absolute Gasteiger partial charge is 0.332 e. The van der Waals surface area contributed by atoms with Crippen molar-refractivity contribution in [3.05, 3.63) is 81.1 Å². The molecule has 0 amide bonds. The lowest BCUT2D eigenvalue weighted by molar-refractivity contribution is 0.137. The summed E-state index contributed by atoms with van der Waals surface area (Å²) in [6.07, 6.45) is 1.89. The molecule has 9 nitrogen and oxygen atoms in total. The number of aromatic nitrogens is 5. The van der Waals surface area contributed by atoms with Gasteiger partial charge in [-0.3, -0.25) is 22.9 Å². The number of methoxy groups -OCH3 is 1. The first kappa shape index (κ1) is 22.7. The third-order valence-electron chi connectivity index (χ3n) is 6.16. The molecular formula is C26H27N5O4. The zero-order valence-corrected chi connectivity index (χ0v) is 20.2. The summed E-state index contributed by atoms with van der Waals surface area (Å²) in [7, 11) is 3.25. The van der Waals surface area contributed by atoms with Crippen LogP contribution in [0.5, 0.6) is 5.75 Å². The molecule has 5 aromatic rings. The van der Waals surface area contributed by atoms with E-state index in [1.165, 1.54) is 9.13 Å². The van der Waals surface area contributed by atoms with E-state index < -0.39 is 11.2 Å². The van der Waals surface area contributed by atoms with E-state index in [0.717, 1.165) is 22.5 Å². The van der Waals surface area contributed by atoms with E-state index in [4.69, 9.17) is 14.5 Å². The number of benzene rings is 2. The van der Waals surface area contributed by atoms with E-state index in [-0.39, 0.29) is 13.2 Å². The normalized spacial score (nSPS) is 11.5. The fourth-order valence-electron chi connectivity index (χ4n) is 4.42. The molecule has 0 unspecified atom stereocenters. The Labute approximate surface area is 201 Å². The van der Waals surface area contributed by atoms with Gasteiger partial charge in [-0.15, -0.1) is 0 Å². The summed E-state index contributed by atoms with van der Waals surface area (Å²) in [6, 6.07) is 15.8. The van der Waals surface area contributed by atoms with E-state index in [2.05, 4.69) is 0 Å². The first-order chi connectivity index (χ1) is 17.0. The van der Waals surface area contributed by atoms with Gasteiger partial charge in [0.2, 0.25) is 5.78 Å². The minimum Gasteiger partial charge on any atom is -0.495 e. The zero-order valence-electron chi connectivity index (χ0n) is 20.2. The summed E-state index contributed by atoms with van der Waals surface area (Å²) >= 11 is 0. The molecule has 0 N–H and O–H groups in total. The molecule has 3 heterocycles. The number of fused-ring (bicyclic) bond motifs is 3. The van der Waals surface area contributed by atoms with E-state index in [9.17, 15) is 9.59 Å². The van der Waals surface area contributed by atoms with Gasteiger partial charge in [0.15, 0.2) is 11.2 Å². The largest absolute Gasteiger partial charge is 0.495 e. The molecule has 0 fully saturated rings. The van der Waals surface area contributed by atoms with Crippen LogP contribution in [-0.4, -0.2) is 43.4 Å². The molecule has 35 heavy (non-hydrogen) atoms. The lowest BCUT2D eigenvalue weighted by Crippen LogP contribution is -2.40. The summed E-state index contributed by atoms with van der Waals surface area (Å²) in [5.74, 6) is 1.18. The Balaban J connectivity index is 1.89. The Hall–Kier alpha value is -4.11. The van der Waals surface area contributed by atoms with Crippen LogP contribution in [0.4, 0.5) is 0 Å². The number of aryl methyl sites for hydroxylation is 2. The van der Waals surface area contributed by atoms with Crippen molar-refractivity contribution in [3.8, 4) is 22.7 Å². The second kappa shape index (κ2) is 8.92. The van der Waals surface area contributed by atoms with Crippen molar-refractivity contribution in [1.82, 2.24) is 23.1 Å². The van der Waals surface area contributed by atoms with Crippen LogP contribution < -0.4 is 16.0 Å². The first-order valence-electron chi connectivity index (χ1n) is 11.5. The molecule has 0 aliphatic heterocycles. The number of hydrogen-bond acceptors (Lipinski definition) is 5. The highest BCUT2D eigenvalue weighted by molar-refractivity contribution is 5.80. The molecular weight excluding hydrogens is 446 g/mol. The number of ether oxygens (including phenoxy) is 2. The van der Waals surface area contributed by atoms with Crippen LogP contribution in [0.1, 0.15) is 12.5 Å². The molecule has 0 spiro atoms. The SMILES string of the molecule is CCOCCn1c(=O)c2c(nc3n(-c4cc(C)ccc4OC)c(-c4ccccc4)cn23)n(C)c1=O. The Morgan fingerprint density at radius 2 is 1.83 bits per heavy atom. The number of hydrogen-bond donors (Lipinski definition) is 0. The van der Waals surface area contributed by atoms with Gasteiger partial charge < -0.3 is 9.47 Å². The molecule has 9 heteroatoms. The van der Waals surface area contributed by atoms with E-state index >= 15 is 0 Å². The van der Waals surface area contributed by atoms with Gasteiger partial charge in [0.05, 0.1) is 31.6 Å². The lowest BCUT2D eigenvalue weighted by atomic mass is 10.1. The molecule has 2 aromatic carbocycles. The predicted octanol–water partition coefficient (Wildman–Crippen LogP) is 3.16. The number of rotatable bonds is 7. The monoisotopic (exact) mass is 473 g/mol. The van der Waals surface area contributed by atoms with Crippen molar-refractivity contribution in [2.45, 2.75) is 20.4 Å². The molecule has 0 atom stereocenters. The Morgan fingerprint density at radius 1 is 1.06 bits per heavy atom. The molecule has 0 aliphatic carbocycles. The van der Waals surface area contributed by atoms with Gasteiger partial charge in [-0.2, -0.15) is 4.98 Å². The van der Waals surface area contributed by atoms with Crippen LogP contribution in [0.25, 0.3) is 33.9 Å². The zero-order chi connectivity index (χ0) is 24.7. The molecule has 3 aromatic heterocycles. The van der Waals surface area contributed by atoms with E-state index in [0.29, 0.717) is 29.3 Å². The van der Waals surface area contributed by atoms with Crippen LogP contribution in [0, 0.1) is 6.92 Å². The molecule has 180 valence electrons. The van der Waals surface area contributed by atoms with Gasteiger partial charge in [0, 0.05) is 25.4 Å². The number of imidazole rings is 2. The molecule has 0 radical (unpaired) electrons. The predicted molar refractivity (Wildman–Crippen MR) is 135 cm³/mol. The fraction of sp³-hybridized carbons (Fsp3) is 0.269. The lowest BCUT2D eigenvalue weighted by Gasteiger charge is -2.14. The van der Waals surface area contributed by atoms with Crippen molar-refractivity contribution in [3.63, 3.8) is 0 Å². The molecule has 5 rings (SSSR count).